The summed E-state index contributed by atoms with van der Waals surface area (Å²) in [6.45, 7) is 27.3. The van der Waals surface area contributed by atoms with Gasteiger partial charge < -0.3 is 9.47 Å². The second-order valence-electron chi connectivity index (χ2n) is 15.2. The first-order valence-electron chi connectivity index (χ1n) is 21.5. The average Bonchev–Trinajstić information content (AvgIpc) is 3.70. The fourth-order valence-electron chi connectivity index (χ4n) is 8.37. The first kappa shape index (κ1) is 43.0. The molecule has 0 fully saturated rings. The Hall–Kier alpha value is -6.64. The number of para-hydroxylation sites is 1. The summed E-state index contributed by atoms with van der Waals surface area (Å²) in [5.74, 6) is 0. The molecule has 0 amide bonds. The molecule has 1 aromatic heterocycles. The molecule has 0 atom stereocenters. The maximum Gasteiger partial charge on any atom is 0.0537 e. The average molecular weight is 785 g/mol. The molecule has 0 aliphatic heterocycles. The van der Waals surface area contributed by atoms with Crippen molar-refractivity contribution in [3.8, 4) is 27.9 Å². The van der Waals surface area contributed by atoms with Gasteiger partial charge >= 0.3 is 0 Å². The SMILES string of the molecule is C=CC1=C(/C=C\C)C(C)(C)c2cc(N(c3ccc(-c4ccccc4)cc3)c3ccc(-c4ccc5c(c4)c(C)c(/C=C(/C)C=C)n5-c4ccccc4)cc3)ccc21.CC.CC. The number of nitrogens with zero attached hydrogens (tertiary/aromatic N) is 2. The van der Waals surface area contributed by atoms with Crippen molar-refractivity contribution in [2.45, 2.75) is 67.7 Å². The second-order valence-corrected chi connectivity index (χ2v) is 15.2. The summed E-state index contributed by atoms with van der Waals surface area (Å²) in [6.07, 6.45) is 10.5. The van der Waals surface area contributed by atoms with Crippen LogP contribution < -0.4 is 4.90 Å². The van der Waals surface area contributed by atoms with E-state index in [1.165, 1.54) is 66.7 Å². The summed E-state index contributed by atoms with van der Waals surface area (Å²) in [6, 6.07) is 52.9. The second kappa shape index (κ2) is 19.0. The zero-order valence-corrected chi connectivity index (χ0v) is 37.1. The fourth-order valence-corrected chi connectivity index (χ4v) is 8.37. The van der Waals surface area contributed by atoms with E-state index in [1.807, 2.05) is 39.8 Å². The summed E-state index contributed by atoms with van der Waals surface area (Å²) < 4.78 is 2.36. The van der Waals surface area contributed by atoms with E-state index in [1.54, 1.807) is 0 Å². The standard InChI is InChI=1S/C54H48N2.2C2H6/c1-8-17-50-47(10-3)48-32-31-46(36-51(48)54(50,6)7)55(44-27-22-40(23-28-44)39-18-13-11-14-19-39)45-29-24-41(25-30-45)42-26-33-52-49(35-42)38(5)53(34-37(4)9-2)56(52)43-20-15-12-16-21-43;2*1-2/h8-36H,2-3H2,1,4-7H3;2*1-2H3/b17-8-,37-34-;;. The Morgan fingerprint density at radius 2 is 1.17 bits per heavy atom. The Balaban J connectivity index is 0.00000147. The van der Waals surface area contributed by atoms with Gasteiger partial charge in [0.2, 0.25) is 0 Å². The fraction of sp³-hybridized carbons (Fsp3) is 0.172. The summed E-state index contributed by atoms with van der Waals surface area (Å²) >= 11 is 0. The van der Waals surface area contributed by atoms with Crippen molar-refractivity contribution < 1.29 is 0 Å². The molecule has 7 aromatic rings. The molecule has 2 nitrogen and oxygen atoms in total. The molecule has 0 N–H and O–H groups in total. The van der Waals surface area contributed by atoms with Crippen LogP contribution in [0.15, 0.2) is 194 Å². The van der Waals surface area contributed by atoms with Crippen molar-refractivity contribution in [2.75, 3.05) is 4.90 Å². The van der Waals surface area contributed by atoms with Gasteiger partial charge in [0.1, 0.15) is 0 Å². The van der Waals surface area contributed by atoms with E-state index >= 15 is 0 Å². The minimum atomic E-state index is -0.162. The van der Waals surface area contributed by atoms with Crippen LogP contribution in [-0.4, -0.2) is 4.57 Å². The molecule has 0 spiro atoms. The molecule has 2 heteroatoms. The minimum Gasteiger partial charge on any atom is -0.310 e. The molecule has 1 aliphatic rings. The molecule has 60 heavy (non-hydrogen) atoms. The van der Waals surface area contributed by atoms with Gasteiger partial charge in [0.25, 0.3) is 0 Å². The van der Waals surface area contributed by atoms with Crippen LogP contribution in [0.4, 0.5) is 17.1 Å². The zero-order valence-electron chi connectivity index (χ0n) is 37.1. The van der Waals surface area contributed by atoms with Crippen molar-refractivity contribution in [1.82, 2.24) is 4.57 Å². The number of benzene rings is 6. The van der Waals surface area contributed by atoms with Crippen LogP contribution in [0.3, 0.4) is 0 Å². The lowest BCUT2D eigenvalue weighted by Gasteiger charge is -2.29. The third-order valence-corrected chi connectivity index (χ3v) is 11.4. The van der Waals surface area contributed by atoms with Gasteiger partial charge in [-0.15, -0.1) is 0 Å². The smallest absolute Gasteiger partial charge is 0.0537 e. The van der Waals surface area contributed by atoms with E-state index in [0.29, 0.717) is 0 Å². The van der Waals surface area contributed by atoms with Gasteiger partial charge in [0, 0.05) is 39.2 Å². The van der Waals surface area contributed by atoms with E-state index in [0.717, 1.165) is 28.3 Å². The zero-order chi connectivity index (χ0) is 43.0. The molecule has 8 rings (SSSR count). The summed E-state index contributed by atoms with van der Waals surface area (Å²) in [4.78, 5) is 2.38. The van der Waals surface area contributed by atoms with E-state index in [4.69, 9.17) is 0 Å². The van der Waals surface area contributed by atoms with E-state index in [9.17, 15) is 0 Å². The molecular formula is C58H60N2. The maximum absolute atomic E-state index is 4.20. The van der Waals surface area contributed by atoms with Crippen LogP contribution in [0, 0.1) is 6.92 Å². The van der Waals surface area contributed by atoms with Crippen LogP contribution in [0.25, 0.3) is 50.5 Å². The molecule has 0 unspecified atom stereocenters. The summed E-state index contributed by atoms with van der Waals surface area (Å²) in [5.41, 5.74) is 18.9. The lowest BCUT2D eigenvalue weighted by molar-refractivity contribution is 0.654. The van der Waals surface area contributed by atoms with Gasteiger partial charge in [-0.1, -0.05) is 164 Å². The van der Waals surface area contributed by atoms with Crippen LogP contribution in [0.2, 0.25) is 0 Å². The first-order chi connectivity index (χ1) is 29.2. The van der Waals surface area contributed by atoms with Crippen LogP contribution in [0.5, 0.6) is 0 Å². The molecule has 0 radical (unpaired) electrons. The highest BCUT2D eigenvalue weighted by atomic mass is 15.1. The summed E-state index contributed by atoms with van der Waals surface area (Å²) in [7, 11) is 0. The molecular weight excluding hydrogens is 725 g/mol. The van der Waals surface area contributed by atoms with Gasteiger partial charge in [-0.05, 0) is 143 Å². The van der Waals surface area contributed by atoms with Gasteiger partial charge in [-0.3, -0.25) is 0 Å². The third kappa shape index (κ3) is 8.16. The molecule has 0 saturated heterocycles. The van der Waals surface area contributed by atoms with Crippen molar-refractivity contribution in [3.05, 3.63) is 217 Å². The molecule has 1 heterocycles. The molecule has 1 aliphatic carbocycles. The number of hydrogen-bond donors (Lipinski definition) is 0. The number of aromatic nitrogens is 1. The predicted molar refractivity (Wildman–Crippen MR) is 265 cm³/mol. The number of fused-ring (bicyclic) bond motifs is 2. The Bertz CT molecular complexity index is 2680. The normalized spacial score (nSPS) is 13.0. The van der Waals surface area contributed by atoms with Gasteiger partial charge in [-0.25, -0.2) is 0 Å². The van der Waals surface area contributed by atoms with Gasteiger partial charge in [0.15, 0.2) is 0 Å². The molecule has 0 saturated carbocycles. The predicted octanol–water partition coefficient (Wildman–Crippen LogP) is 17.2. The van der Waals surface area contributed by atoms with Crippen molar-refractivity contribution in [2.24, 2.45) is 0 Å². The van der Waals surface area contributed by atoms with E-state index < -0.39 is 0 Å². The van der Waals surface area contributed by atoms with Gasteiger partial charge in [-0.2, -0.15) is 0 Å². The largest absolute Gasteiger partial charge is 0.310 e. The van der Waals surface area contributed by atoms with E-state index in [-0.39, 0.29) is 5.41 Å². The molecule has 0 bridgehead atoms. The Morgan fingerprint density at radius 3 is 1.73 bits per heavy atom. The first-order valence-corrected chi connectivity index (χ1v) is 21.5. The van der Waals surface area contributed by atoms with Gasteiger partial charge in [0.05, 0.1) is 5.52 Å². The molecule has 302 valence electrons. The number of rotatable bonds is 10. The van der Waals surface area contributed by atoms with Crippen molar-refractivity contribution in [1.29, 1.82) is 0 Å². The van der Waals surface area contributed by atoms with E-state index in [2.05, 4.69) is 221 Å². The Morgan fingerprint density at radius 1 is 0.633 bits per heavy atom. The minimum absolute atomic E-state index is 0.162. The number of anilines is 3. The van der Waals surface area contributed by atoms with Crippen LogP contribution in [0.1, 0.15) is 77.8 Å². The Kier molecular flexibility index (Phi) is 13.6. The lowest BCUT2D eigenvalue weighted by Crippen LogP contribution is -2.17. The topological polar surface area (TPSA) is 8.17 Å². The maximum atomic E-state index is 4.20. The quantitative estimate of drug-likeness (QED) is 0.125. The highest BCUT2D eigenvalue weighted by Crippen LogP contribution is 2.49. The molecule has 6 aromatic carbocycles. The highest BCUT2D eigenvalue weighted by Gasteiger charge is 2.36. The monoisotopic (exact) mass is 784 g/mol. The number of allylic oxidation sites excluding steroid dienone is 7. The van der Waals surface area contributed by atoms with Crippen molar-refractivity contribution in [3.63, 3.8) is 0 Å². The highest BCUT2D eigenvalue weighted by molar-refractivity contribution is 5.94. The summed E-state index contributed by atoms with van der Waals surface area (Å²) in [5, 5.41) is 1.24. The third-order valence-electron chi connectivity index (χ3n) is 11.4. The number of hydrogen-bond acceptors (Lipinski definition) is 1. The van der Waals surface area contributed by atoms with Crippen LogP contribution >= 0.6 is 0 Å². The Labute approximate surface area is 359 Å². The number of aryl methyl sites for hydroxylation is 1. The van der Waals surface area contributed by atoms with Crippen LogP contribution in [-0.2, 0) is 5.41 Å². The van der Waals surface area contributed by atoms with Crippen molar-refractivity contribution >= 4 is 39.6 Å². The lowest BCUT2D eigenvalue weighted by atomic mass is 9.80.